The number of ether oxygens (including phenoxy) is 1. The maximum atomic E-state index is 12.0. The Labute approximate surface area is 115 Å². The molecule has 2 aromatic heterocycles. The van der Waals surface area contributed by atoms with E-state index in [1.54, 1.807) is 14.2 Å². The molecule has 0 aromatic carbocycles. The number of fused-ring (bicyclic) bond motifs is 1. The smallest absolute Gasteiger partial charge is 0.332 e. The van der Waals surface area contributed by atoms with Gasteiger partial charge in [-0.25, -0.2) is 4.79 Å². The van der Waals surface area contributed by atoms with Crippen LogP contribution < -0.4 is 16.6 Å². The van der Waals surface area contributed by atoms with Crippen LogP contribution in [0, 0.1) is 5.92 Å². The summed E-state index contributed by atoms with van der Waals surface area (Å²) in [5.74, 6) is 0.779. The molecule has 1 atom stereocenters. The van der Waals surface area contributed by atoms with E-state index in [1.807, 2.05) is 6.92 Å². The van der Waals surface area contributed by atoms with Gasteiger partial charge in [-0.05, 0) is 5.92 Å². The molecule has 2 aromatic rings. The number of aromatic nitrogens is 4. The number of nitrogens with one attached hydrogen (secondary N) is 2. The van der Waals surface area contributed by atoms with Crippen molar-refractivity contribution in [1.29, 1.82) is 0 Å². The lowest BCUT2D eigenvalue weighted by Crippen LogP contribution is -2.36. The molecule has 2 heterocycles. The van der Waals surface area contributed by atoms with Crippen LogP contribution in [-0.4, -0.2) is 39.4 Å². The summed E-state index contributed by atoms with van der Waals surface area (Å²) in [6, 6.07) is 0. The summed E-state index contributed by atoms with van der Waals surface area (Å²) < 4.78 is 7.45. The second-order valence-electron chi connectivity index (χ2n) is 4.93. The van der Waals surface area contributed by atoms with Crippen LogP contribution in [0.3, 0.4) is 0 Å². The van der Waals surface area contributed by atoms with E-state index < -0.39 is 5.69 Å². The second kappa shape index (κ2) is 5.49. The van der Waals surface area contributed by atoms with Crippen LogP contribution in [-0.2, 0) is 18.8 Å². The van der Waals surface area contributed by atoms with Crippen molar-refractivity contribution >= 4 is 17.1 Å². The normalized spacial score (nSPS) is 12.8. The molecule has 0 aliphatic carbocycles. The van der Waals surface area contributed by atoms with Gasteiger partial charge in [-0.3, -0.25) is 13.9 Å². The van der Waals surface area contributed by atoms with Crippen molar-refractivity contribution in [3.63, 3.8) is 0 Å². The van der Waals surface area contributed by atoms with Crippen molar-refractivity contribution < 1.29 is 4.74 Å². The maximum Gasteiger partial charge on any atom is 0.332 e. The third-order valence-corrected chi connectivity index (χ3v) is 3.16. The van der Waals surface area contributed by atoms with Gasteiger partial charge in [-0.2, -0.15) is 4.98 Å². The summed E-state index contributed by atoms with van der Waals surface area (Å²) in [6.45, 7) is 3.32. The molecule has 0 radical (unpaired) electrons. The molecule has 8 nitrogen and oxygen atoms in total. The average Bonchev–Trinajstić information content (AvgIpc) is 2.85. The van der Waals surface area contributed by atoms with Crippen molar-refractivity contribution in [1.82, 2.24) is 19.1 Å². The fraction of sp³-hybridized carbons (Fsp3) is 0.583. The van der Waals surface area contributed by atoms with Crippen molar-refractivity contribution in [2.75, 3.05) is 25.6 Å². The van der Waals surface area contributed by atoms with E-state index in [-0.39, 0.29) is 5.56 Å². The van der Waals surface area contributed by atoms with Crippen LogP contribution in [0.25, 0.3) is 11.2 Å². The molecule has 0 amide bonds. The predicted molar refractivity (Wildman–Crippen MR) is 76.1 cm³/mol. The number of aromatic amines is 1. The zero-order chi connectivity index (χ0) is 14.9. The second-order valence-corrected chi connectivity index (χ2v) is 4.93. The third-order valence-electron chi connectivity index (χ3n) is 3.16. The predicted octanol–water partition coefficient (Wildman–Crippen LogP) is -0.345. The number of imidazole rings is 1. The lowest BCUT2D eigenvalue weighted by molar-refractivity contribution is 0.164. The lowest BCUT2D eigenvalue weighted by atomic mass is 10.2. The van der Waals surface area contributed by atoms with E-state index >= 15 is 0 Å². The Hall–Kier alpha value is -2.09. The highest BCUT2D eigenvalue weighted by molar-refractivity contribution is 5.72. The quantitative estimate of drug-likeness (QED) is 0.781. The Morgan fingerprint density at radius 1 is 1.35 bits per heavy atom. The fourth-order valence-electron chi connectivity index (χ4n) is 2.02. The van der Waals surface area contributed by atoms with Gasteiger partial charge in [0.1, 0.15) is 0 Å². The average molecular weight is 281 g/mol. The van der Waals surface area contributed by atoms with E-state index in [0.717, 1.165) is 4.57 Å². The Kier molecular flexibility index (Phi) is 3.93. The van der Waals surface area contributed by atoms with Gasteiger partial charge in [0.05, 0.1) is 6.61 Å². The van der Waals surface area contributed by atoms with E-state index in [0.29, 0.717) is 36.2 Å². The molecular weight excluding hydrogens is 262 g/mol. The van der Waals surface area contributed by atoms with Crippen molar-refractivity contribution in [2.45, 2.75) is 6.92 Å². The van der Waals surface area contributed by atoms with Gasteiger partial charge in [-0.1, -0.05) is 6.92 Å². The van der Waals surface area contributed by atoms with Crippen molar-refractivity contribution in [2.24, 2.45) is 20.0 Å². The van der Waals surface area contributed by atoms with Gasteiger partial charge in [0.2, 0.25) is 5.95 Å². The topological polar surface area (TPSA) is 93.9 Å². The van der Waals surface area contributed by atoms with Crippen LogP contribution in [0.1, 0.15) is 6.92 Å². The SMILES string of the molecule is COCC(C)CNc1nc2c([nH]1)c(=O)n(C)c(=O)n2C. The molecule has 1 unspecified atom stereocenters. The molecule has 0 aliphatic heterocycles. The minimum atomic E-state index is -0.395. The van der Waals surface area contributed by atoms with E-state index in [2.05, 4.69) is 15.3 Å². The van der Waals surface area contributed by atoms with Crippen LogP contribution in [0.4, 0.5) is 5.95 Å². The van der Waals surface area contributed by atoms with Crippen LogP contribution in [0.2, 0.25) is 0 Å². The summed E-state index contributed by atoms with van der Waals surface area (Å²) in [5.41, 5.74) is -0.113. The first kappa shape index (κ1) is 14.3. The highest BCUT2D eigenvalue weighted by Gasteiger charge is 2.13. The molecular formula is C12H19N5O3. The molecule has 0 bridgehead atoms. The van der Waals surface area contributed by atoms with Gasteiger partial charge in [0.15, 0.2) is 11.2 Å². The summed E-state index contributed by atoms with van der Waals surface area (Å²) in [4.78, 5) is 30.9. The van der Waals surface area contributed by atoms with Crippen molar-refractivity contribution in [3.05, 3.63) is 20.8 Å². The maximum absolute atomic E-state index is 12.0. The molecule has 20 heavy (non-hydrogen) atoms. The highest BCUT2D eigenvalue weighted by atomic mass is 16.5. The number of rotatable bonds is 5. The largest absolute Gasteiger partial charge is 0.384 e. The number of hydrogen-bond donors (Lipinski definition) is 2. The van der Waals surface area contributed by atoms with Crippen LogP contribution in [0.15, 0.2) is 9.59 Å². The number of nitrogens with zero attached hydrogens (tertiary/aromatic N) is 3. The van der Waals surface area contributed by atoms with Crippen LogP contribution >= 0.6 is 0 Å². The number of aryl methyl sites for hydroxylation is 1. The van der Waals surface area contributed by atoms with E-state index in [9.17, 15) is 9.59 Å². The molecule has 0 fully saturated rings. The molecule has 0 aliphatic rings. The first-order chi connectivity index (χ1) is 9.45. The van der Waals surface area contributed by atoms with Gasteiger partial charge in [-0.15, -0.1) is 0 Å². The number of methoxy groups -OCH3 is 1. The van der Waals surface area contributed by atoms with Crippen molar-refractivity contribution in [3.8, 4) is 0 Å². The summed E-state index contributed by atoms with van der Waals surface area (Å²) in [5, 5.41) is 3.10. The van der Waals surface area contributed by atoms with E-state index in [1.165, 1.54) is 11.6 Å². The van der Waals surface area contributed by atoms with E-state index in [4.69, 9.17) is 4.74 Å². The van der Waals surface area contributed by atoms with Gasteiger partial charge in [0, 0.05) is 27.7 Å². The molecule has 2 N–H and O–H groups in total. The summed E-state index contributed by atoms with van der Waals surface area (Å²) in [6.07, 6.45) is 0. The highest BCUT2D eigenvalue weighted by Crippen LogP contribution is 2.09. The minimum Gasteiger partial charge on any atom is -0.384 e. The molecule has 0 saturated carbocycles. The Morgan fingerprint density at radius 2 is 2.05 bits per heavy atom. The van der Waals surface area contributed by atoms with Gasteiger partial charge < -0.3 is 15.0 Å². The molecule has 8 heteroatoms. The number of anilines is 1. The van der Waals surface area contributed by atoms with Gasteiger partial charge >= 0.3 is 5.69 Å². The third kappa shape index (κ3) is 2.46. The number of H-pyrrole nitrogens is 1. The summed E-state index contributed by atoms with van der Waals surface area (Å²) >= 11 is 0. The molecule has 0 spiro atoms. The zero-order valence-electron chi connectivity index (χ0n) is 12.1. The Balaban J connectivity index is 2.35. The first-order valence-electron chi connectivity index (χ1n) is 6.34. The molecule has 0 saturated heterocycles. The Bertz CT molecular complexity index is 727. The molecule has 110 valence electrons. The number of hydrogen-bond acceptors (Lipinski definition) is 5. The molecule has 2 rings (SSSR count). The fourth-order valence-corrected chi connectivity index (χ4v) is 2.02. The van der Waals surface area contributed by atoms with Crippen LogP contribution in [0.5, 0.6) is 0 Å². The summed E-state index contributed by atoms with van der Waals surface area (Å²) in [7, 11) is 4.68. The minimum absolute atomic E-state index is 0.305. The monoisotopic (exact) mass is 281 g/mol. The standard InChI is InChI=1S/C12H19N5O3/c1-7(6-20-4)5-13-11-14-8-9(15-11)16(2)12(19)17(3)10(8)18/h7H,5-6H2,1-4H3,(H2,13,14,15). The first-order valence-corrected chi connectivity index (χ1v) is 6.34. The Morgan fingerprint density at radius 3 is 2.70 bits per heavy atom. The lowest BCUT2D eigenvalue weighted by Gasteiger charge is -2.09. The van der Waals surface area contributed by atoms with Gasteiger partial charge in [0.25, 0.3) is 5.56 Å². The zero-order valence-corrected chi connectivity index (χ0v) is 12.1.